The monoisotopic (exact) mass is 602 g/mol. The fourth-order valence-electron chi connectivity index (χ4n) is 6.98. The maximum atomic E-state index is 6.26. The number of aromatic nitrogens is 1. The van der Waals surface area contributed by atoms with Crippen LogP contribution in [0.25, 0.3) is 76.5 Å². The Morgan fingerprint density at radius 2 is 0.851 bits per heavy atom. The second kappa shape index (κ2) is 10.1. The van der Waals surface area contributed by atoms with Crippen molar-refractivity contribution in [3.05, 3.63) is 158 Å². The Bertz CT molecular complexity index is 2640. The summed E-state index contributed by atoms with van der Waals surface area (Å²) in [6.45, 7) is 0. The normalized spacial score (nSPS) is 11.8. The van der Waals surface area contributed by atoms with Crippen molar-refractivity contribution >= 4 is 82.5 Å². The predicted molar refractivity (Wildman–Crippen MR) is 194 cm³/mol. The molecule has 0 aliphatic rings. The van der Waals surface area contributed by atoms with Gasteiger partial charge in [0.05, 0.1) is 0 Å². The first-order valence-corrected chi connectivity index (χ1v) is 15.8. The van der Waals surface area contributed by atoms with Crippen LogP contribution in [0, 0.1) is 0 Å². The molecule has 0 saturated heterocycles. The Kier molecular flexibility index (Phi) is 5.54. The van der Waals surface area contributed by atoms with Gasteiger partial charge < -0.3 is 13.7 Å². The number of rotatable bonds is 4. The van der Waals surface area contributed by atoms with E-state index in [4.69, 9.17) is 8.83 Å². The summed E-state index contributed by atoms with van der Waals surface area (Å²) in [5.74, 6) is 0. The van der Waals surface area contributed by atoms with Gasteiger partial charge in [-0.25, -0.2) is 0 Å². The molecular weight excluding hydrogens is 576 g/mol. The number of hydrogen-bond acceptors (Lipinski definition) is 4. The molecule has 0 saturated carbocycles. The Morgan fingerprint density at radius 1 is 0.362 bits per heavy atom. The van der Waals surface area contributed by atoms with Crippen molar-refractivity contribution in [2.24, 2.45) is 0 Å². The zero-order chi connectivity index (χ0) is 30.9. The van der Waals surface area contributed by atoms with Gasteiger partial charge in [-0.05, 0) is 118 Å². The molecule has 47 heavy (non-hydrogen) atoms. The third kappa shape index (κ3) is 4.19. The number of anilines is 3. The highest BCUT2D eigenvalue weighted by atomic mass is 16.3. The van der Waals surface area contributed by atoms with Crippen LogP contribution in [-0.2, 0) is 0 Å². The van der Waals surface area contributed by atoms with Crippen LogP contribution in [0.3, 0.4) is 0 Å². The Labute approximate surface area is 269 Å². The Morgan fingerprint density at radius 3 is 1.40 bits per heavy atom. The molecule has 10 rings (SSSR count). The van der Waals surface area contributed by atoms with Crippen LogP contribution in [0.5, 0.6) is 0 Å². The van der Waals surface area contributed by atoms with E-state index in [9.17, 15) is 0 Å². The molecule has 0 aliphatic carbocycles. The van der Waals surface area contributed by atoms with E-state index in [1.807, 2.05) is 48.8 Å². The molecule has 0 atom stereocenters. The molecule has 3 heterocycles. The Hall–Kier alpha value is -6.39. The van der Waals surface area contributed by atoms with Gasteiger partial charge in [0.1, 0.15) is 22.3 Å². The van der Waals surface area contributed by atoms with E-state index in [0.717, 1.165) is 82.8 Å². The van der Waals surface area contributed by atoms with Gasteiger partial charge in [0.25, 0.3) is 0 Å². The average molecular weight is 603 g/mol. The number of furan rings is 2. The molecule has 0 amide bonds. The number of nitrogens with zero attached hydrogens (tertiary/aromatic N) is 2. The standard InChI is InChI=1S/C43H26N2O2/c1-3-7-40-36(5-1)38-23-29-11-15-34(21-31(29)25-42(38)46-40)45(33-13-9-27(10-14-33)28-17-19-44-20-18-28)35-16-12-30-24-39-37-6-2-4-8-41(37)47-43(39)26-32(30)22-35/h1-26H. The average Bonchev–Trinajstić information content (AvgIpc) is 3.67. The molecule has 7 aromatic carbocycles. The number of benzene rings is 7. The number of para-hydroxylation sites is 2. The fraction of sp³-hybridized carbons (Fsp3) is 0. The molecule has 0 fully saturated rings. The van der Waals surface area contributed by atoms with E-state index < -0.39 is 0 Å². The first-order chi connectivity index (χ1) is 23.2. The van der Waals surface area contributed by atoms with E-state index in [-0.39, 0.29) is 0 Å². The van der Waals surface area contributed by atoms with Crippen LogP contribution in [0.1, 0.15) is 0 Å². The lowest BCUT2D eigenvalue weighted by Crippen LogP contribution is -2.09. The fourth-order valence-corrected chi connectivity index (χ4v) is 6.98. The van der Waals surface area contributed by atoms with E-state index in [1.165, 1.54) is 10.8 Å². The van der Waals surface area contributed by atoms with Crippen molar-refractivity contribution in [1.29, 1.82) is 0 Å². The highest BCUT2D eigenvalue weighted by Gasteiger charge is 2.17. The maximum absolute atomic E-state index is 6.26. The molecule has 0 radical (unpaired) electrons. The minimum atomic E-state index is 0.893. The van der Waals surface area contributed by atoms with Crippen LogP contribution in [0.4, 0.5) is 17.1 Å². The minimum Gasteiger partial charge on any atom is -0.456 e. The van der Waals surface area contributed by atoms with Crippen LogP contribution in [0.2, 0.25) is 0 Å². The van der Waals surface area contributed by atoms with Gasteiger partial charge in [0.15, 0.2) is 0 Å². The highest BCUT2D eigenvalue weighted by Crippen LogP contribution is 2.41. The van der Waals surface area contributed by atoms with Crippen LogP contribution in [-0.4, -0.2) is 4.98 Å². The summed E-state index contributed by atoms with van der Waals surface area (Å²) in [7, 11) is 0. The van der Waals surface area contributed by atoms with E-state index in [0.29, 0.717) is 0 Å². The molecular formula is C43H26N2O2. The van der Waals surface area contributed by atoms with Crippen molar-refractivity contribution in [1.82, 2.24) is 4.98 Å². The van der Waals surface area contributed by atoms with Crippen molar-refractivity contribution in [3.8, 4) is 11.1 Å². The molecule has 4 nitrogen and oxygen atoms in total. The zero-order valence-corrected chi connectivity index (χ0v) is 25.2. The smallest absolute Gasteiger partial charge is 0.136 e. The van der Waals surface area contributed by atoms with Crippen molar-refractivity contribution in [2.75, 3.05) is 4.90 Å². The SMILES string of the molecule is c1ccc2c(c1)oc1cc3cc(N(c4ccc(-c5ccncc5)cc4)c4ccc5cc6c(cc5c4)oc4ccccc46)ccc3cc12. The molecule has 4 heteroatoms. The van der Waals surface area contributed by atoms with Gasteiger partial charge in [0.2, 0.25) is 0 Å². The summed E-state index contributed by atoms with van der Waals surface area (Å²) in [6.07, 6.45) is 3.66. The highest BCUT2D eigenvalue weighted by molar-refractivity contribution is 6.12. The summed E-state index contributed by atoms with van der Waals surface area (Å²) in [5, 5.41) is 9.14. The summed E-state index contributed by atoms with van der Waals surface area (Å²) in [4.78, 5) is 6.51. The van der Waals surface area contributed by atoms with E-state index >= 15 is 0 Å². The topological polar surface area (TPSA) is 42.4 Å². The van der Waals surface area contributed by atoms with E-state index in [2.05, 4.69) is 119 Å². The van der Waals surface area contributed by atoms with Gasteiger partial charge in [-0.15, -0.1) is 0 Å². The van der Waals surface area contributed by atoms with Crippen LogP contribution < -0.4 is 4.90 Å². The van der Waals surface area contributed by atoms with Gasteiger partial charge >= 0.3 is 0 Å². The zero-order valence-electron chi connectivity index (χ0n) is 25.2. The van der Waals surface area contributed by atoms with Crippen LogP contribution >= 0.6 is 0 Å². The van der Waals surface area contributed by atoms with Crippen molar-refractivity contribution < 1.29 is 8.83 Å². The second-order valence-electron chi connectivity index (χ2n) is 12.1. The van der Waals surface area contributed by atoms with Gasteiger partial charge in [-0.1, -0.05) is 60.7 Å². The first kappa shape index (κ1) is 25.9. The van der Waals surface area contributed by atoms with E-state index in [1.54, 1.807) is 0 Å². The molecule has 0 bridgehead atoms. The first-order valence-electron chi connectivity index (χ1n) is 15.8. The molecule has 0 N–H and O–H groups in total. The lowest BCUT2D eigenvalue weighted by Gasteiger charge is -2.26. The molecule has 10 aromatic rings. The van der Waals surface area contributed by atoms with Gasteiger partial charge in [-0.3, -0.25) is 4.98 Å². The maximum Gasteiger partial charge on any atom is 0.136 e. The summed E-state index contributed by atoms with van der Waals surface area (Å²) >= 11 is 0. The molecule has 220 valence electrons. The molecule has 3 aromatic heterocycles. The van der Waals surface area contributed by atoms with Crippen molar-refractivity contribution in [2.45, 2.75) is 0 Å². The summed E-state index contributed by atoms with van der Waals surface area (Å²) < 4.78 is 12.5. The van der Waals surface area contributed by atoms with Gasteiger partial charge in [0, 0.05) is 51.0 Å². The van der Waals surface area contributed by atoms with Crippen LogP contribution in [0.15, 0.2) is 167 Å². The van der Waals surface area contributed by atoms with Crippen molar-refractivity contribution in [3.63, 3.8) is 0 Å². The molecule has 0 aliphatic heterocycles. The summed E-state index contributed by atoms with van der Waals surface area (Å²) in [6, 6.07) is 51.4. The quantitative estimate of drug-likeness (QED) is 0.201. The summed E-state index contributed by atoms with van der Waals surface area (Å²) in [5.41, 5.74) is 9.08. The second-order valence-corrected chi connectivity index (χ2v) is 12.1. The lowest BCUT2D eigenvalue weighted by atomic mass is 10.0. The molecule has 0 unspecified atom stereocenters. The number of fused-ring (bicyclic) bond motifs is 8. The third-order valence-electron chi connectivity index (χ3n) is 9.29. The predicted octanol–water partition coefficient (Wildman–Crippen LogP) is 12.3. The van der Waals surface area contributed by atoms with Gasteiger partial charge in [-0.2, -0.15) is 0 Å². The minimum absolute atomic E-state index is 0.893. The largest absolute Gasteiger partial charge is 0.456 e. The molecule has 0 spiro atoms. The third-order valence-corrected chi connectivity index (χ3v) is 9.29. The Balaban J connectivity index is 1.15. The number of hydrogen-bond donors (Lipinski definition) is 0. The lowest BCUT2D eigenvalue weighted by molar-refractivity contribution is 0.669. The number of pyridine rings is 1.